The van der Waals surface area contributed by atoms with E-state index < -0.39 is 25.0 Å². The highest BCUT2D eigenvalue weighted by Crippen LogP contribution is 2.24. The lowest BCUT2D eigenvalue weighted by atomic mass is 10.1. The Hall–Kier alpha value is -2.05. The molecule has 0 amide bonds. The number of hydrogen-bond acceptors (Lipinski definition) is 3. The summed E-state index contributed by atoms with van der Waals surface area (Å²) in [6.45, 7) is -0.647. The maximum Gasteiger partial charge on any atom is 0.417 e. The zero-order valence-corrected chi connectivity index (χ0v) is 11.5. The summed E-state index contributed by atoms with van der Waals surface area (Å²) in [5.41, 5.74) is 1.94. The number of hydrogen-bond donors (Lipinski definition) is 2. The van der Waals surface area contributed by atoms with Crippen molar-refractivity contribution in [3.05, 3.63) is 54.6 Å². The van der Waals surface area contributed by atoms with Gasteiger partial charge in [0.2, 0.25) is 0 Å². The Morgan fingerprint density at radius 3 is 1.95 bits per heavy atom. The molecule has 0 aliphatic carbocycles. The Balaban J connectivity index is 1.95. The van der Waals surface area contributed by atoms with Gasteiger partial charge < -0.3 is 14.9 Å². The Bertz CT molecular complexity index is 582. The molecule has 0 saturated heterocycles. The molecule has 0 aromatic heterocycles. The summed E-state index contributed by atoms with van der Waals surface area (Å²) in [6, 6.07) is 16.3. The lowest BCUT2D eigenvalue weighted by Crippen LogP contribution is -2.42. The number of ether oxygens (including phenoxy) is 1. The molecule has 22 heavy (non-hydrogen) atoms. The third-order valence-electron chi connectivity index (χ3n) is 3.08. The number of benzene rings is 2. The molecule has 2 N–H and O–H groups in total. The highest BCUT2D eigenvalue weighted by molar-refractivity contribution is 5.63. The predicted octanol–water partition coefficient (Wildman–Crippen LogP) is 3.02. The van der Waals surface area contributed by atoms with Crippen LogP contribution in [0.5, 0.6) is 5.75 Å². The maximum absolute atomic E-state index is 12.2. The van der Waals surface area contributed by atoms with E-state index in [1.165, 1.54) is 0 Å². The van der Waals surface area contributed by atoms with Gasteiger partial charge in [0.1, 0.15) is 18.5 Å². The summed E-state index contributed by atoms with van der Waals surface area (Å²) in [4.78, 5) is 0. The van der Waals surface area contributed by atoms with Gasteiger partial charge >= 0.3 is 6.18 Å². The van der Waals surface area contributed by atoms with Crippen molar-refractivity contribution in [2.24, 2.45) is 0 Å². The van der Waals surface area contributed by atoms with Crippen LogP contribution in [0.15, 0.2) is 54.6 Å². The summed E-state index contributed by atoms with van der Waals surface area (Å²) in [5, 5.41) is 18.1. The van der Waals surface area contributed by atoms with Crippen molar-refractivity contribution in [2.45, 2.75) is 18.4 Å². The summed E-state index contributed by atoms with van der Waals surface area (Å²) < 4.78 is 41.7. The number of rotatable bonds is 5. The first-order valence-electron chi connectivity index (χ1n) is 6.59. The van der Waals surface area contributed by atoms with Gasteiger partial charge in [0.25, 0.3) is 0 Å². The van der Waals surface area contributed by atoms with E-state index in [-0.39, 0.29) is 0 Å². The second-order valence-corrected chi connectivity index (χ2v) is 4.76. The zero-order chi connectivity index (χ0) is 16.2. The topological polar surface area (TPSA) is 49.7 Å². The molecular formula is C16H15F3O3. The predicted molar refractivity (Wildman–Crippen MR) is 75.4 cm³/mol. The molecule has 0 aliphatic rings. The molecule has 2 aromatic rings. The lowest BCUT2D eigenvalue weighted by Gasteiger charge is -2.20. The first kappa shape index (κ1) is 16.3. The summed E-state index contributed by atoms with van der Waals surface area (Å²) in [7, 11) is 0. The van der Waals surface area contributed by atoms with Crippen LogP contribution < -0.4 is 4.74 Å². The van der Waals surface area contributed by atoms with E-state index in [4.69, 9.17) is 9.84 Å². The van der Waals surface area contributed by atoms with Crippen LogP contribution in [-0.2, 0) is 0 Å². The molecular weight excluding hydrogens is 297 g/mol. The standard InChI is InChI=1S/C16H15F3O3/c17-16(18,19)15(21)14(20)10-22-13-8-6-12(7-9-13)11-4-2-1-3-5-11/h1-9,14-15,20-21H,10H2/t14-,15-/m1/s1. The first-order valence-corrected chi connectivity index (χ1v) is 6.59. The number of halogens is 3. The number of aliphatic hydroxyl groups excluding tert-OH is 2. The van der Waals surface area contributed by atoms with Gasteiger partial charge in [-0.1, -0.05) is 42.5 Å². The molecule has 0 saturated carbocycles. The molecule has 0 fully saturated rings. The van der Waals surface area contributed by atoms with Crippen LogP contribution in [0.4, 0.5) is 13.2 Å². The quantitative estimate of drug-likeness (QED) is 0.892. The van der Waals surface area contributed by atoms with E-state index in [2.05, 4.69) is 0 Å². The highest BCUT2D eigenvalue weighted by atomic mass is 19.4. The average Bonchev–Trinajstić information content (AvgIpc) is 2.52. The maximum atomic E-state index is 12.2. The molecule has 2 rings (SSSR count). The van der Waals surface area contributed by atoms with E-state index in [1.54, 1.807) is 24.3 Å². The van der Waals surface area contributed by atoms with Crippen molar-refractivity contribution in [2.75, 3.05) is 6.61 Å². The molecule has 6 heteroatoms. The minimum atomic E-state index is -4.88. The Labute approximate surface area is 125 Å². The van der Waals surface area contributed by atoms with Gasteiger partial charge in [0.05, 0.1) is 0 Å². The van der Waals surface area contributed by atoms with Crippen LogP contribution in [-0.4, -0.2) is 35.2 Å². The molecule has 0 heterocycles. The first-order chi connectivity index (χ1) is 10.4. The molecule has 2 atom stereocenters. The van der Waals surface area contributed by atoms with Crippen LogP contribution in [0.3, 0.4) is 0 Å². The molecule has 0 aliphatic heterocycles. The van der Waals surface area contributed by atoms with Crippen molar-refractivity contribution in [1.29, 1.82) is 0 Å². The van der Waals surface area contributed by atoms with Crippen molar-refractivity contribution in [3.63, 3.8) is 0 Å². The second-order valence-electron chi connectivity index (χ2n) is 4.76. The summed E-state index contributed by atoms with van der Waals surface area (Å²) in [6.07, 6.45) is -9.73. The van der Waals surface area contributed by atoms with Gasteiger partial charge in [-0.2, -0.15) is 13.2 Å². The minimum absolute atomic E-state index is 0.313. The van der Waals surface area contributed by atoms with E-state index in [9.17, 15) is 18.3 Å². The van der Waals surface area contributed by atoms with Crippen LogP contribution in [0.1, 0.15) is 0 Å². The van der Waals surface area contributed by atoms with Crippen LogP contribution >= 0.6 is 0 Å². The summed E-state index contributed by atoms with van der Waals surface area (Å²) in [5.74, 6) is 0.313. The normalized spacial score (nSPS) is 14.4. The largest absolute Gasteiger partial charge is 0.491 e. The number of alkyl halides is 3. The molecule has 0 radical (unpaired) electrons. The van der Waals surface area contributed by atoms with Crippen molar-refractivity contribution >= 4 is 0 Å². The minimum Gasteiger partial charge on any atom is -0.491 e. The molecule has 0 spiro atoms. The number of aliphatic hydroxyl groups is 2. The van der Waals surface area contributed by atoms with E-state index in [0.29, 0.717) is 5.75 Å². The summed E-state index contributed by atoms with van der Waals surface area (Å²) >= 11 is 0. The molecule has 2 aromatic carbocycles. The Kier molecular flexibility index (Phi) is 5.05. The molecule has 0 bridgehead atoms. The van der Waals surface area contributed by atoms with Gasteiger partial charge in [-0.05, 0) is 23.3 Å². The van der Waals surface area contributed by atoms with Crippen LogP contribution in [0.2, 0.25) is 0 Å². The fourth-order valence-electron chi connectivity index (χ4n) is 1.87. The van der Waals surface area contributed by atoms with Gasteiger partial charge in [-0.25, -0.2) is 0 Å². The van der Waals surface area contributed by atoms with Gasteiger partial charge in [-0.15, -0.1) is 0 Å². The highest BCUT2D eigenvalue weighted by Gasteiger charge is 2.43. The van der Waals surface area contributed by atoms with E-state index in [1.807, 2.05) is 30.3 Å². The zero-order valence-electron chi connectivity index (χ0n) is 11.5. The van der Waals surface area contributed by atoms with Crippen molar-refractivity contribution in [1.82, 2.24) is 0 Å². The second kappa shape index (κ2) is 6.81. The average molecular weight is 312 g/mol. The van der Waals surface area contributed by atoms with E-state index >= 15 is 0 Å². The molecule has 118 valence electrons. The van der Waals surface area contributed by atoms with E-state index in [0.717, 1.165) is 11.1 Å². The van der Waals surface area contributed by atoms with Crippen molar-refractivity contribution < 1.29 is 28.1 Å². The Morgan fingerprint density at radius 2 is 1.41 bits per heavy atom. The van der Waals surface area contributed by atoms with Gasteiger partial charge in [0.15, 0.2) is 6.10 Å². The fraction of sp³-hybridized carbons (Fsp3) is 0.250. The van der Waals surface area contributed by atoms with Gasteiger partial charge in [-0.3, -0.25) is 0 Å². The third-order valence-corrected chi connectivity index (χ3v) is 3.08. The smallest absolute Gasteiger partial charge is 0.417 e. The lowest BCUT2D eigenvalue weighted by molar-refractivity contribution is -0.232. The SMILES string of the molecule is O[C@H](COc1ccc(-c2ccccc2)cc1)[C@@H](O)C(F)(F)F. The third kappa shape index (κ3) is 4.22. The van der Waals surface area contributed by atoms with Crippen LogP contribution in [0, 0.1) is 0 Å². The van der Waals surface area contributed by atoms with Crippen molar-refractivity contribution in [3.8, 4) is 16.9 Å². The Morgan fingerprint density at radius 1 is 0.864 bits per heavy atom. The molecule has 0 unspecified atom stereocenters. The monoisotopic (exact) mass is 312 g/mol. The molecule has 3 nitrogen and oxygen atoms in total. The van der Waals surface area contributed by atoms with Crippen LogP contribution in [0.25, 0.3) is 11.1 Å². The fourth-order valence-corrected chi connectivity index (χ4v) is 1.87. The van der Waals surface area contributed by atoms with Gasteiger partial charge in [0, 0.05) is 0 Å².